The summed E-state index contributed by atoms with van der Waals surface area (Å²) in [5.74, 6) is -0.0845. The van der Waals surface area contributed by atoms with Crippen molar-refractivity contribution in [3.63, 3.8) is 0 Å². The van der Waals surface area contributed by atoms with Crippen LogP contribution in [-0.4, -0.2) is 22.8 Å². The van der Waals surface area contributed by atoms with Gasteiger partial charge in [0.2, 0.25) is 0 Å². The Morgan fingerprint density at radius 3 is 2.67 bits per heavy atom. The van der Waals surface area contributed by atoms with Crippen LogP contribution in [-0.2, 0) is 7.05 Å². The Morgan fingerprint density at radius 1 is 1.40 bits per heavy atom. The Bertz CT molecular complexity index is 507. The highest BCUT2D eigenvalue weighted by atomic mass is 19.3. The third kappa shape index (κ3) is 1.29. The van der Waals surface area contributed by atoms with Gasteiger partial charge in [0.15, 0.2) is 0 Å². The van der Waals surface area contributed by atoms with E-state index in [0.717, 1.165) is 4.57 Å². The zero-order valence-corrected chi connectivity index (χ0v) is 7.75. The minimum absolute atomic E-state index is 0.00241. The molecule has 0 aromatic carbocycles. The number of rotatable bonds is 1. The standard InChI is InChI=1S/C7H8F2N4O2/c1-12-5-3(4(14)11-7(12)15)10-2-13(5)6(8)9/h6,10H,2H2,1H3,(H,11,14,15). The van der Waals surface area contributed by atoms with E-state index in [1.165, 1.54) is 7.05 Å². The Balaban J connectivity index is 2.71. The van der Waals surface area contributed by atoms with Crippen molar-refractivity contribution in [3.8, 4) is 0 Å². The van der Waals surface area contributed by atoms with Crippen LogP contribution in [0.5, 0.6) is 0 Å². The van der Waals surface area contributed by atoms with Gasteiger partial charge in [0.05, 0.1) is 6.67 Å². The highest BCUT2D eigenvalue weighted by Crippen LogP contribution is 2.27. The Morgan fingerprint density at radius 2 is 2.07 bits per heavy atom. The van der Waals surface area contributed by atoms with Crippen LogP contribution >= 0.6 is 0 Å². The highest BCUT2D eigenvalue weighted by Gasteiger charge is 2.30. The summed E-state index contributed by atoms with van der Waals surface area (Å²) < 4.78 is 26.0. The lowest BCUT2D eigenvalue weighted by atomic mass is 10.4. The number of aromatic amines is 1. The maximum atomic E-state index is 12.5. The summed E-state index contributed by atoms with van der Waals surface area (Å²) in [7, 11) is 1.32. The van der Waals surface area contributed by atoms with Crippen LogP contribution in [0.1, 0.15) is 0 Å². The zero-order chi connectivity index (χ0) is 11.2. The Kier molecular flexibility index (Phi) is 1.98. The van der Waals surface area contributed by atoms with Gasteiger partial charge in [-0.3, -0.25) is 19.2 Å². The van der Waals surface area contributed by atoms with Crippen LogP contribution in [0.15, 0.2) is 9.59 Å². The molecule has 0 amide bonds. The number of hydrogen-bond donors (Lipinski definition) is 2. The summed E-state index contributed by atoms with van der Waals surface area (Å²) in [6.45, 7) is -2.95. The molecule has 0 saturated carbocycles. The van der Waals surface area contributed by atoms with Crippen molar-refractivity contribution < 1.29 is 8.78 Å². The molecule has 0 aliphatic carbocycles. The maximum absolute atomic E-state index is 12.5. The number of anilines is 2. The number of fused-ring (bicyclic) bond motifs is 1. The predicted molar refractivity (Wildman–Crippen MR) is 49.3 cm³/mol. The van der Waals surface area contributed by atoms with Gasteiger partial charge in [-0.1, -0.05) is 0 Å². The molecule has 1 aromatic rings. The molecule has 6 nitrogen and oxygen atoms in total. The second-order valence-corrected chi connectivity index (χ2v) is 3.10. The largest absolute Gasteiger partial charge is 0.360 e. The minimum atomic E-state index is -2.76. The minimum Gasteiger partial charge on any atom is -0.360 e. The lowest BCUT2D eigenvalue weighted by Gasteiger charge is -2.17. The number of aromatic nitrogens is 2. The summed E-state index contributed by atoms with van der Waals surface area (Å²) in [5.41, 5.74) is -1.40. The van der Waals surface area contributed by atoms with Crippen molar-refractivity contribution in [1.29, 1.82) is 0 Å². The smallest absolute Gasteiger partial charge is 0.329 e. The molecule has 0 radical (unpaired) electrons. The van der Waals surface area contributed by atoms with Gasteiger partial charge >= 0.3 is 12.2 Å². The van der Waals surface area contributed by atoms with Crippen LogP contribution in [0.25, 0.3) is 0 Å². The number of hydrogen-bond acceptors (Lipinski definition) is 4. The summed E-state index contributed by atoms with van der Waals surface area (Å²) in [6.07, 6.45) is 0. The second kappa shape index (κ2) is 3.07. The Hall–Kier alpha value is -1.86. The molecule has 1 aliphatic heterocycles. The van der Waals surface area contributed by atoms with Gasteiger partial charge in [-0.15, -0.1) is 0 Å². The van der Waals surface area contributed by atoms with Gasteiger partial charge in [-0.2, -0.15) is 8.78 Å². The molecule has 2 heterocycles. The average Bonchev–Trinajstić information content (AvgIpc) is 2.58. The molecule has 0 bridgehead atoms. The molecule has 8 heteroatoms. The van der Waals surface area contributed by atoms with Crippen molar-refractivity contribution in [2.45, 2.75) is 6.55 Å². The predicted octanol–water partition coefficient (Wildman–Crippen LogP) is -0.514. The van der Waals surface area contributed by atoms with Gasteiger partial charge < -0.3 is 5.32 Å². The molecule has 0 saturated heterocycles. The molecule has 2 rings (SSSR count). The summed E-state index contributed by atoms with van der Waals surface area (Å²) in [5, 5.41) is 2.51. The molecule has 0 unspecified atom stereocenters. The Labute approximate surface area is 82.1 Å². The molecular formula is C7H8F2N4O2. The first-order valence-electron chi connectivity index (χ1n) is 4.14. The number of alkyl halides is 2. The SMILES string of the molecule is Cn1c2c(c(=O)[nH]c1=O)NCN2C(F)F. The van der Waals surface area contributed by atoms with E-state index in [2.05, 4.69) is 5.32 Å². The van der Waals surface area contributed by atoms with Crippen molar-refractivity contribution in [2.24, 2.45) is 7.05 Å². The van der Waals surface area contributed by atoms with E-state index in [9.17, 15) is 18.4 Å². The van der Waals surface area contributed by atoms with Crippen molar-refractivity contribution in [3.05, 3.63) is 20.8 Å². The fourth-order valence-electron chi connectivity index (χ4n) is 1.51. The number of halogens is 2. The average molecular weight is 218 g/mol. The third-order valence-electron chi connectivity index (χ3n) is 2.23. The van der Waals surface area contributed by atoms with Crippen molar-refractivity contribution in [2.75, 3.05) is 16.9 Å². The molecule has 0 spiro atoms. The lowest BCUT2D eigenvalue weighted by molar-refractivity contribution is 0.144. The van der Waals surface area contributed by atoms with Gasteiger partial charge in [0.25, 0.3) is 5.56 Å². The number of H-pyrrole nitrogens is 1. The van der Waals surface area contributed by atoms with Gasteiger partial charge in [0.1, 0.15) is 11.5 Å². The number of nitrogens with zero attached hydrogens (tertiary/aromatic N) is 2. The molecule has 2 N–H and O–H groups in total. The first kappa shape index (κ1) is 9.69. The van der Waals surface area contributed by atoms with E-state index < -0.39 is 17.8 Å². The van der Waals surface area contributed by atoms with E-state index in [-0.39, 0.29) is 18.2 Å². The van der Waals surface area contributed by atoms with E-state index in [4.69, 9.17) is 0 Å². The zero-order valence-electron chi connectivity index (χ0n) is 7.75. The van der Waals surface area contributed by atoms with Gasteiger partial charge in [0, 0.05) is 7.05 Å². The first-order valence-corrected chi connectivity index (χ1v) is 4.14. The monoisotopic (exact) mass is 218 g/mol. The van der Waals surface area contributed by atoms with Gasteiger partial charge in [-0.25, -0.2) is 4.79 Å². The topological polar surface area (TPSA) is 70.1 Å². The van der Waals surface area contributed by atoms with Crippen LogP contribution in [0, 0.1) is 0 Å². The maximum Gasteiger partial charge on any atom is 0.329 e. The van der Waals surface area contributed by atoms with Crippen molar-refractivity contribution >= 4 is 11.5 Å². The van der Waals surface area contributed by atoms with Crippen LogP contribution < -0.4 is 21.5 Å². The second-order valence-electron chi connectivity index (χ2n) is 3.10. The van der Waals surface area contributed by atoms with E-state index in [1.54, 1.807) is 0 Å². The molecule has 1 aliphatic rings. The normalized spacial score (nSPS) is 14.3. The fraction of sp³-hybridized carbons (Fsp3) is 0.429. The quantitative estimate of drug-likeness (QED) is 0.622. The number of nitrogens with one attached hydrogen (secondary N) is 2. The molecule has 1 aromatic heterocycles. The molecule has 0 fully saturated rings. The van der Waals surface area contributed by atoms with E-state index in [1.807, 2.05) is 4.98 Å². The van der Waals surface area contributed by atoms with Gasteiger partial charge in [-0.05, 0) is 0 Å². The molecule has 82 valence electrons. The summed E-state index contributed by atoms with van der Waals surface area (Å²) >= 11 is 0. The van der Waals surface area contributed by atoms with E-state index in [0.29, 0.717) is 4.90 Å². The van der Waals surface area contributed by atoms with Crippen LogP contribution in [0.3, 0.4) is 0 Å². The van der Waals surface area contributed by atoms with Crippen LogP contribution in [0.2, 0.25) is 0 Å². The lowest BCUT2D eigenvalue weighted by Crippen LogP contribution is -2.34. The highest BCUT2D eigenvalue weighted by molar-refractivity contribution is 5.69. The van der Waals surface area contributed by atoms with E-state index >= 15 is 0 Å². The van der Waals surface area contributed by atoms with Crippen LogP contribution in [0.4, 0.5) is 20.3 Å². The van der Waals surface area contributed by atoms with Crippen molar-refractivity contribution in [1.82, 2.24) is 9.55 Å². The molecular weight excluding hydrogens is 210 g/mol. The summed E-state index contributed by atoms with van der Waals surface area (Å²) in [4.78, 5) is 25.1. The molecule has 0 atom stereocenters. The molecule has 15 heavy (non-hydrogen) atoms. The third-order valence-corrected chi connectivity index (χ3v) is 2.23. The first-order chi connectivity index (χ1) is 7.02. The summed E-state index contributed by atoms with van der Waals surface area (Å²) in [6, 6.07) is 0. The fourth-order valence-corrected chi connectivity index (χ4v) is 1.51.